The third kappa shape index (κ3) is 3.45. The fourth-order valence-corrected chi connectivity index (χ4v) is 6.50. The van der Waals surface area contributed by atoms with Crippen molar-refractivity contribution in [1.29, 1.82) is 0 Å². The first-order chi connectivity index (χ1) is 14.5. The summed E-state index contributed by atoms with van der Waals surface area (Å²) < 4.78 is 1.17. The maximum absolute atomic E-state index is 13.1. The number of benzene rings is 2. The molecule has 0 spiro atoms. The number of fused-ring (bicyclic) bond motifs is 2. The molecule has 0 fully saturated rings. The topological polar surface area (TPSA) is 45.2 Å². The van der Waals surface area contributed by atoms with Crippen LogP contribution >= 0.6 is 22.7 Å². The second-order valence-electron chi connectivity index (χ2n) is 7.95. The minimum absolute atomic E-state index is 0.0539. The number of nitrogens with zero attached hydrogens (tertiary/aromatic N) is 2. The zero-order valence-electron chi connectivity index (χ0n) is 17.3. The van der Waals surface area contributed by atoms with Gasteiger partial charge in [0.05, 0.1) is 10.2 Å². The summed E-state index contributed by atoms with van der Waals surface area (Å²) in [5.74, 6) is -0.0539. The van der Waals surface area contributed by atoms with Gasteiger partial charge in [-0.1, -0.05) is 29.8 Å². The Morgan fingerprint density at radius 2 is 1.97 bits per heavy atom. The number of hydrogen-bond acceptors (Lipinski definition) is 5. The molecule has 1 N–H and O–H groups in total. The van der Waals surface area contributed by atoms with Crippen molar-refractivity contribution in [2.45, 2.75) is 26.8 Å². The van der Waals surface area contributed by atoms with Gasteiger partial charge in [0.15, 0.2) is 0 Å². The van der Waals surface area contributed by atoms with E-state index in [4.69, 9.17) is 4.98 Å². The maximum Gasteiger partial charge on any atom is 0.256 e. The van der Waals surface area contributed by atoms with E-state index < -0.39 is 0 Å². The van der Waals surface area contributed by atoms with E-state index in [1.54, 1.807) is 22.7 Å². The van der Waals surface area contributed by atoms with Crippen LogP contribution in [0.4, 0.5) is 5.00 Å². The highest BCUT2D eigenvalue weighted by Gasteiger charge is 2.27. The van der Waals surface area contributed by atoms with Crippen LogP contribution in [0.15, 0.2) is 42.5 Å². The van der Waals surface area contributed by atoms with Gasteiger partial charge in [-0.05, 0) is 56.6 Å². The fraction of sp³-hybridized carbons (Fsp3) is 0.250. The number of thiophene rings is 1. The van der Waals surface area contributed by atoms with Crippen molar-refractivity contribution >= 4 is 43.8 Å². The molecule has 0 bridgehead atoms. The van der Waals surface area contributed by atoms with Gasteiger partial charge in [0, 0.05) is 29.1 Å². The number of thiazole rings is 1. The van der Waals surface area contributed by atoms with Crippen LogP contribution in [0.2, 0.25) is 0 Å². The van der Waals surface area contributed by atoms with E-state index in [9.17, 15) is 4.79 Å². The fourth-order valence-electron chi connectivity index (χ4n) is 4.06. The number of para-hydroxylation sites is 1. The van der Waals surface area contributed by atoms with Crippen LogP contribution in [0.5, 0.6) is 0 Å². The van der Waals surface area contributed by atoms with Crippen molar-refractivity contribution in [2.24, 2.45) is 0 Å². The first kappa shape index (κ1) is 19.4. The number of anilines is 1. The van der Waals surface area contributed by atoms with Gasteiger partial charge >= 0.3 is 0 Å². The van der Waals surface area contributed by atoms with Crippen LogP contribution in [0.3, 0.4) is 0 Å². The van der Waals surface area contributed by atoms with Gasteiger partial charge in [-0.15, -0.1) is 22.7 Å². The molecule has 30 heavy (non-hydrogen) atoms. The van der Waals surface area contributed by atoms with E-state index >= 15 is 0 Å². The molecular formula is C24H23N3OS2. The third-order valence-corrected chi connectivity index (χ3v) is 7.80. The number of carbonyl (C=O) groups is 1. The summed E-state index contributed by atoms with van der Waals surface area (Å²) in [5, 5.41) is 5.14. The molecule has 4 aromatic rings. The summed E-state index contributed by atoms with van der Waals surface area (Å²) in [6.45, 7) is 5.97. The van der Waals surface area contributed by atoms with Crippen molar-refractivity contribution in [2.75, 3.05) is 18.9 Å². The molecule has 1 aliphatic heterocycles. The number of aromatic nitrogens is 1. The van der Waals surface area contributed by atoms with Crippen LogP contribution < -0.4 is 5.32 Å². The van der Waals surface area contributed by atoms with E-state index in [1.165, 1.54) is 15.1 Å². The number of nitrogens with one attached hydrogen (secondary N) is 1. The summed E-state index contributed by atoms with van der Waals surface area (Å²) in [6, 6.07) is 14.2. The minimum atomic E-state index is -0.0539. The second-order valence-corrected chi connectivity index (χ2v) is 10.1. The van der Waals surface area contributed by atoms with Gasteiger partial charge in [0.1, 0.15) is 10.0 Å². The Labute approximate surface area is 184 Å². The molecule has 0 radical (unpaired) electrons. The molecule has 0 saturated carbocycles. The quantitative estimate of drug-likeness (QED) is 0.439. The highest BCUT2D eigenvalue weighted by molar-refractivity contribution is 7.23. The number of amides is 1. The lowest BCUT2D eigenvalue weighted by atomic mass is 10.0. The van der Waals surface area contributed by atoms with Crippen LogP contribution in [-0.2, 0) is 13.0 Å². The summed E-state index contributed by atoms with van der Waals surface area (Å²) >= 11 is 3.40. The van der Waals surface area contributed by atoms with Crippen molar-refractivity contribution in [3.05, 3.63) is 69.6 Å². The molecular weight excluding hydrogens is 410 g/mol. The first-order valence-electron chi connectivity index (χ1n) is 10.1. The molecule has 1 aliphatic rings. The molecule has 4 nitrogen and oxygen atoms in total. The standard InChI is InChI=1S/C24H23N3OS2/c1-14-8-9-16(15(2)12-14)22(28)26-24-21(17-10-11-27(3)13-20(17)30-24)23-25-18-6-4-5-7-19(18)29-23/h4-9,12H,10-11,13H2,1-3H3,(H,26,28). The SMILES string of the molecule is Cc1ccc(C(=O)Nc2sc3c(c2-c2nc4ccccc4s2)CCN(C)C3)c(C)c1. The lowest BCUT2D eigenvalue weighted by Gasteiger charge is -2.22. The molecule has 6 heteroatoms. The predicted octanol–water partition coefficient (Wildman–Crippen LogP) is 5.88. The number of hydrogen-bond donors (Lipinski definition) is 1. The Morgan fingerprint density at radius 1 is 1.13 bits per heavy atom. The van der Waals surface area contributed by atoms with Gasteiger partial charge < -0.3 is 10.2 Å². The molecule has 1 amide bonds. The van der Waals surface area contributed by atoms with E-state index in [0.29, 0.717) is 0 Å². The van der Waals surface area contributed by atoms with Crippen LogP contribution in [0, 0.1) is 13.8 Å². The molecule has 0 unspecified atom stereocenters. The van der Waals surface area contributed by atoms with Crippen molar-refractivity contribution in [3.63, 3.8) is 0 Å². The highest BCUT2D eigenvalue weighted by Crippen LogP contribution is 2.45. The summed E-state index contributed by atoms with van der Waals surface area (Å²) in [5.41, 5.74) is 6.34. The van der Waals surface area contributed by atoms with E-state index in [-0.39, 0.29) is 5.91 Å². The largest absolute Gasteiger partial charge is 0.313 e. The van der Waals surface area contributed by atoms with Crippen molar-refractivity contribution in [1.82, 2.24) is 9.88 Å². The van der Waals surface area contributed by atoms with Gasteiger partial charge in [0.2, 0.25) is 0 Å². The summed E-state index contributed by atoms with van der Waals surface area (Å²) in [4.78, 5) is 21.7. The third-order valence-electron chi connectivity index (χ3n) is 5.61. The average Bonchev–Trinajstić information content (AvgIpc) is 3.27. The Hall–Kier alpha value is -2.54. The van der Waals surface area contributed by atoms with Gasteiger partial charge in [-0.2, -0.15) is 0 Å². The van der Waals surface area contributed by atoms with Crippen LogP contribution in [-0.4, -0.2) is 29.4 Å². The van der Waals surface area contributed by atoms with E-state index in [2.05, 4.69) is 35.5 Å². The maximum atomic E-state index is 13.1. The number of likely N-dealkylation sites (N-methyl/N-ethyl adjacent to an activating group) is 1. The normalized spacial score (nSPS) is 14.1. The van der Waals surface area contributed by atoms with Crippen molar-refractivity contribution in [3.8, 4) is 10.6 Å². The summed E-state index contributed by atoms with van der Waals surface area (Å²) in [7, 11) is 2.15. The second kappa shape index (κ2) is 7.61. The average molecular weight is 434 g/mol. The molecule has 152 valence electrons. The van der Waals surface area contributed by atoms with Gasteiger partial charge in [-0.25, -0.2) is 4.98 Å². The zero-order chi connectivity index (χ0) is 20.8. The molecule has 2 aromatic heterocycles. The predicted molar refractivity (Wildman–Crippen MR) is 127 cm³/mol. The van der Waals surface area contributed by atoms with Gasteiger partial charge in [-0.3, -0.25) is 4.79 Å². The lowest BCUT2D eigenvalue weighted by molar-refractivity contribution is 0.102. The Morgan fingerprint density at radius 3 is 2.77 bits per heavy atom. The van der Waals surface area contributed by atoms with Crippen LogP contribution in [0.25, 0.3) is 20.8 Å². The number of aryl methyl sites for hydroxylation is 2. The first-order valence-corrected chi connectivity index (χ1v) is 11.7. The Bertz CT molecular complexity index is 1240. The molecule has 0 aliphatic carbocycles. The molecule has 0 saturated heterocycles. The lowest BCUT2D eigenvalue weighted by Crippen LogP contribution is -2.25. The minimum Gasteiger partial charge on any atom is -0.313 e. The van der Waals surface area contributed by atoms with E-state index in [0.717, 1.165) is 57.3 Å². The van der Waals surface area contributed by atoms with E-state index in [1.807, 2.05) is 38.1 Å². The molecule has 0 atom stereocenters. The zero-order valence-corrected chi connectivity index (χ0v) is 18.9. The number of carbonyl (C=O) groups excluding carboxylic acids is 1. The molecule has 5 rings (SSSR count). The van der Waals surface area contributed by atoms with Gasteiger partial charge in [0.25, 0.3) is 5.91 Å². The van der Waals surface area contributed by atoms with Crippen LogP contribution in [0.1, 0.15) is 31.9 Å². The number of rotatable bonds is 3. The smallest absolute Gasteiger partial charge is 0.256 e. The van der Waals surface area contributed by atoms with Crippen molar-refractivity contribution < 1.29 is 4.79 Å². The monoisotopic (exact) mass is 433 g/mol. The highest BCUT2D eigenvalue weighted by atomic mass is 32.1. The summed E-state index contributed by atoms with van der Waals surface area (Å²) in [6.07, 6.45) is 0.979. The molecule has 2 aromatic carbocycles. The Kier molecular flexibility index (Phi) is 4.93. The molecule has 3 heterocycles. The Balaban J connectivity index is 1.60.